The highest BCUT2D eigenvalue weighted by atomic mass is 32.2. The highest BCUT2D eigenvalue weighted by Gasteiger charge is 2.30. The third-order valence-corrected chi connectivity index (χ3v) is 6.72. The van der Waals surface area contributed by atoms with Gasteiger partial charge >= 0.3 is 5.97 Å². The number of carbonyl (C=O) groups excluding carboxylic acids is 3. The number of hydrogen-bond donors (Lipinski definition) is 1. The van der Waals surface area contributed by atoms with Gasteiger partial charge in [-0.25, -0.2) is 4.79 Å². The molecular weight excluding hydrogens is 408 g/mol. The van der Waals surface area contributed by atoms with Crippen LogP contribution >= 0.6 is 23.1 Å². The first-order chi connectivity index (χ1) is 13.8. The molecule has 1 aromatic carbocycles. The summed E-state index contributed by atoms with van der Waals surface area (Å²) in [4.78, 5) is 40.7. The summed E-state index contributed by atoms with van der Waals surface area (Å²) in [6.45, 7) is 6.71. The molecule has 2 aromatic rings. The average Bonchev–Trinajstić information content (AvgIpc) is 3.03. The monoisotopic (exact) mass is 432 g/mol. The number of rotatable bonds is 5. The Bertz CT molecular complexity index is 952. The molecule has 0 bridgehead atoms. The molecule has 0 saturated carbocycles. The lowest BCUT2D eigenvalue weighted by molar-refractivity contribution is -0.129. The standard InChI is InChI=1S/C21H24N2O4S2/c1-12(2)28-15-7-5-6-14(10-15)19(25)22-20-18(21(26)27-4)16-8-9-23(13(3)24)11-17(16)29-20/h5-7,10,12H,8-9,11H2,1-4H3,(H,22,25). The van der Waals surface area contributed by atoms with E-state index >= 15 is 0 Å². The summed E-state index contributed by atoms with van der Waals surface area (Å²) in [5.41, 5.74) is 1.79. The van der Waals surface area contributed by atoms with Crippen molar-refractivity contribution in [3.8, 4) is 0 Å². The molecule has 1 aliphatic heterocycles. The zero-order valence-electron chi connectivity index (χ0n) is 16.9. The maximum absolute atomic E-state index is 12.9. The van der Waals surface area contributed by atoms with Gasteiger partial charge in [0, 0.05) is 34.1 Å². The van der Waals surface area contributed by atoms with Gasteiger partial charge < -0.3 is 15.0 Å². The molecule has 1 N–H and O–H groups in total. The van der Waals surface area contributed by atoms with E-state index in [-0.39, 0.29) is 11.8 Å². The van der Waals surface area contributed by atoms with Crippen molar-refractivity contribution in [2.45, 2.75) is 43.9 Å². The van der Waals surface area contributed by atoms with Crippen LogP contribution in [0.25, 0.3) is 0 Å². The second kappa shape index (κ2) is 9.00. The van der Waals surface area contributed by atoms with Crippen molar-refractivity contribution in [3.63, 3.8) is 0 Å². The molecule has 1 aliphatic rings. The number of nitrogens with zero attached hydrogens (tertiary/aromatic N) is 1. The van der Waals surface area contributed by atoms with Crippen molar-refractivity contribution < 1.29 is 19.1 Å². The van der Waals surface area contributed by atoms with Gasteiger partial charge in [0.1, 0.15) is 5.00 Å². The van der Waals surface area contributed by atoms with E-state index in [1.54, 1.807) is 22.7 Å². The number of benzene rings is 1. The summed E-state index contributed by atoms with van der Waals surface area (Å²) in [5.74, 6) is -0.754. The van der Waals surface area contributed by atoms with Crippen LogP contribution in [0.3, 0.4) is 0 Å². The second-order valence-corrected chi connectivity index (χ2v) is 9.79. The van der Waals surface area contributed by atoms with E-state index in [9.17, 15) is 14.4 Å². The first-order valence-corrected chi connectivity index (χ1v) is 11.1. The molecule has 3 rings (SSSR count). The lowest BCUT2D eigenvalue weighted by Crippen LogP contribution is -2.33. The quantitative estimate of drug-likeness (QED) is 0.566. The topological polar surface area (TPSA) is 75.7 Å². The van der Waals surface area contributed by atoms with E-state index in [1.807, 2.05) is 18.2 Å². The number of hydrogen-bond acceptors (Lipinski definition) is 6. The molecule has 0 spiro atoms. The summed E-state index contributed by atoms with van der Waals surface area (Å²) >= 11 is 3.02. The minimum Gasteiger partial charge on any atom is -0.465 e. The smallest absolute Gasteiger partial charge is 0.341 e. The predicted octanol–water partition coefficient (Wildman–Crippen LogP) is 4.19. The molecule has 2 amide bonds. The van der Waals surface area contributed by atoms with Crippen molar-refractivity contribution >= 4 is 45.9 Å². The van der Waals surface area contributed by atoms with Crippen molar-refractivity contribution in [1.82, 2.24) is 4.90 Å². The third kappa shape index (κ3) is 4.82. The fourth-order valence-corrected chi connectivity index (χ4v) is 5.38. The van der Waals surface area contributed by atoms with Crippen LogP contribution in [-0.4, -0.2) is 41.6 Å². The number of thiophene rings is 1. The van der Waals surface area contributed by atoms with Crippen LogP contribution in [0.5, 0.6) is 0 Å². The highest BCUT2D eigenvalue weighted by Crippen LogP contribution is 2.38. The lowest BCUT2D eigenvalue weighted by Gasteiger charge is -2.25. The number of esters is 1. The van der Waals surface area contributed by atoms with E-state index in [0.29, 0.717) is 40.9 Å². The molecule has 2 heterocycles. The Morgan fingerprint density at radius 1 is 1.28 bits per heavy atom. The molecule has 8 heteroatoms. The minimum absolute atomic E-state index is 0.00581. The fourth-order valence-electron chi connectivity index (χ4n) is 3.24. The van der Waals surface area contributed by atoms with E-state index in [4.69, 9.17) is 4.74 Å². The maximum atomic E-state index is 12.9. The van der Waals surface area contributed by atoms with Gasteiger partial charge in [-0.2, -0.15) is 0 Å². The Kier molecular flexibility index (Phi) is 6.64. The molecule has 0 radical (unpaired) electrons. The van der Waals surface area contributed by atoms with E-state index < -0.39 is 5.97 Å². The lowest BCUT2D eigenvalue weighted by atomic mass is 10.0. The van der Waals surface area contributed by atoms with Crippen molar-refractivity contribution in [2.75, 3.05) is 19.0 Å². The number of nitrogens with one attached hydrogen (secondary N) is 1. The van der Waals surface area contributed by atoms with Crippen molar-refractivity contribution in [2.24, 2.45) is 0 Å². The molecule has 29 heavy (non-hydrogen) atoms. The summed E-state index contributed by atoms with van der Waals surface area (Å²) < 4.78 is 4.96. The average molecular weight is 433 g/mol. The van der Waals surface area contributed by atoms with Gasteiger partial charge in [-0.1, -0.05) is 19.9 Å². The van der Waals surface area contributed by atoms with Crippen LogP contribution < -0.4 is 5.32 Å². The molecule has 154 valence electrons. The van der Waals surface area contributed by atoms with E-state index in [0.717, 1.165) is 15.3 Å². The largest absolute Gasteiger partial charge is 0.465 e. The Morgan fingerprint density at radius 3 is 2.69 bits per heavy atom. The SMILES string of the molecule is COC(=O)c1c(NC(=O)c2cccc(SC(C)C)c2)sc2c1CCN(C(C)=O)C2. The second-order valence-electron chi connectivity index (χ2n) is 7.04. The number of thioether (sulfide) groups is 1. The van der Waals surface area contributed by atoms with Gasteiger partial charge in [0.25, 0.3) is 5.91 Å². The van der Waals surface area contributed by atoms with Gasteiger partial charge in [-0.05, 0) is 30.2 Å². The summed E-state index contributed by atoms with van der Waals surface area (Å²) in [6, 6.07) is 7.43. The van der Waals surface area contributed by atoms with Crippen LogP contribution in [0.1, 0.15) is 51.9 Å². The van der Waals surface area contributed by atoms with Crippen LogP contribution in [0.4, 0.5) is 5.00 Å². The number of carbonyl (C=O) groups is 3. The molecule has 0 aliphatic carbocycles. The van der Waals surface area contributed by atoms with Crippen LogP contribution in [0.2, 0.25) is 0 Å². The first kappa shape index (κ1) is 21.4. The Hall–Kier alpha value is -2.32. The maximum Gasteiger partial charge on any atom is 0.341 e. The Balaban J connectivity index is 1.90. The van der Waals surface area contributed by atoms with E-state index in [1.165, 1.54) is 25.4 Å². The number of amides is 2. The van der Waals surface area contributed by atoms with Crippen molar-refractivity contribution in [3.05, 3.63) is 45.8 Å². The fraction of sp³-hybridized carbons (Fsp3) is 0.381. The van der Waals surface area contributed by atoms with Gasteiger partial charge in [0.2, 0.25) is 5.91 Å². The molecule has 0 unspecified atom stereocenters. The number of methoxy groups -OCH3 is 1. The highest BCUT2D eigenvalue weighted by molar-refractivity contribution is 7.99. The number of ether oxygens (including phenoxy) is 1. The predicted molar refractivity (Wildman–Crippen MR) is 116 cm³/mol. The molecule has 0 atom stereocenters. The zero-order chi connectivity index (χ0) is 21.1. The third-order valence-electron chi connectivity index (χ3n) is 4.59. The molecular formula is C21H24N2O4S2. The Morgan fingerprint density at radius 2 is 2.03 bits per heavy atom. The van der Waals surface area contributed by atoms with Gasteiger partial charge in [0.15, 0.2) is 0 Å². The van der Waals surface area contributed by atoms with Gasteiger partial charge in [0.05, 0.1) is 19.2 Å². The van der Waals surface area contributed by atoms with Gasteiger partial charge in [-0.3, -0.25) is 9.59 Å². The zero-order valence-corrected chi connectivity index (χ0v) is 18.5. The number of anilines is 1. The summed E-state index contributed by atoms with van der Waals surface area (Å²) in [7, 11) is 1.33. The van der Waals surface area contributed by atoms with Crippen molar-refractivity contribution in [1.29, 1.82) is 0 Å². The molecule has 0 fully saturated rings. The molecule has 1 aromatic heterocycles. The normalized spacial score (nSPS) is 13.2. The summed E-state index contributed by atoms with van der Waals surface area (Å²) in [6.07, 6.45) is 0.562. The molecule has 0 saturated heterocycles. The van der Waals surface area contributed by atoms with Crippen LogP contribution in [0, 0.1) is 0 Å². The first-order valence-electron chi connectivity index (χ1n) is 9.36. The van der Waals surface area contributed by atoms with Crippen LogP contribution in [-0.2, 0) is 22.5 Å². The van der Waals surface area contributed by atoms with Gasteiger partial charge in [-0.15, -0.1) is 23.1 Å². The van der Waals surface area contributed by atoms with Crippen LogP contribution in [0.15, 0.2) is 29.2 Å². The molecule has 6 nitrogen and oxygen atoms in total. The summed E-state index contributed by atoms with van der Waals surface area (Å²) in [5, 5.41) is 3.77. The Labute approximate surface area is 178 Å². The minimum atomic E-state index is -0.474. The number of fused-ring (bicyclic) bond motifs is 1. The van der Waals surface area contributed by atoms with E-state index in [2.05, 4.69) is 19.2 Å².